The van der Waals surface area contributed by atoms with Gasteiger partial charge in [0.05, 0.1) is 0 Å². The topological polar surface area (TPSA) is 42.2 Å². The number of aromatic nitrogens is 3. The van der Waals surface area contributed by atoms with Gasteiger partial charge in [-0.25, -0.2) is 4.52 Å². The predicted octanol–water partition coefficient (Wildman–Crippen LogP) is 3.11. The van der Waals surface area contributed by atoms with Crippen molar-refractivity contribution in [1.29, 1.82) is 0 Å². The molecule has 1 aliphatic rings. The van der Waals surface area contributed by atoms with Crippen LogP contribution in [0.15, 0.2) is 24.4 Å². The molecule has 0 spiro atoms. The Kier molecular flexibility index (Phi) is 3.17. The highest BCUT2D eigenvalue weighted by Crippen LogP contribution is 2.25. The third kappa shape index (κ3) is 2.33. The lowest BCUT2D eigenvalue weighted by molar-refractivity contribution is 0.454. The molecule has 2 heterocycles. The summed E-state index contributed by atoms with van der Waals surface area (Å²) in [6.07, 6.45) is 8.51. The maximum absolute atomic E-state index is 4.51. The predicted molar refractivity (Wildman–Crippen MR) is 72.6 cm³/mol. The summed E-state index contributed by atoms with van der Waals surface area (Å²) < 4.78 is 1.82. The van der Waals surface area contributed by atoms with E-state index in [2.05, 4.69) is 22.3 Å². The fourth-order valence-corrected chi connectivity index (χ4v) is 2.77. The Hall–Kier alpha value is -1.58. The van der Waals surface area contributed by atoms with E-state index in [0.717, 1.165) is 11.6 Å². The molecule has 0 aliphatic heterocycles. The Morgan fingerprint density at radius 3 is 3.00 bits per heavy atom. The van der Waals surface area contributed by atoms with Crippen molar-refractivity contribution in [2.75, 3.05) is 5.32 Å². The molecule has 0 amide bonds. The third-order valence-electron chi connectivity index (χ3n) is 3.92. The van der Waals surface area contributed by atoms with Crippen LogP contribution in [-0.4, -0.2) is 20.6 Å². The second-order valence-electron chi connectivity index (χ2n) is 5.30. The van der Waals surface area contributed by atoms with Gasteiger partial charge in [-0.05, 0) is 30.9 Å². The summed E-state index contributed by atoms with van der Waals surface area (Å²) in [4.78, 5) is 4.51. The van der Waals surface area contributed by atoms with E-state index in [1.165, 1.54) is 32.1 Å². The molecule has 1 saturated carbocycles. The molecule has 4 heteroatoms. The lowest BCUT2D eigenvalue weighted by Gasteiger charge is -2.21. The van der Waals surface area contributed by atoms with E-state index in [-0.39, 0.29) is 0 Å². The number of nitrogens with zero attached hydrogens (tertiary/aromatic N) is 3. The van der Waals surface area contributed by atoms with Gasteiger partial charge in [0.1, 0.15) is 0 Å². The molecule has 1 N–H and O–H groups in total. The van der Waals surface area contributed by atoms with Gasteiger partial charge in [0.25, 0.3) is 0 Å². The first-order valence-electron chi connectivity index (χ1n) is 6.91. The van der Waals surface area contributed by atoms with E-state index in [9.17, 15) is 0 Å². The molecule has 0 radical (unpaired) electrons. The first kappa shape index (κ1) is 11.5. The summed E-state index contributed by atoms with van der Waals surface area (Å²) in [6, 6.07) is 6.46. The second kappa shape index (κ2) is 4.96. The SMILES string of the molecule is CC1CCCCCC1Nc1nc2ccccn2n1. The third-order valence-corrected chi connectivity index (χ3v) is 3.92. The highest BCUT2D eigenvalue weighted by molar-refractivity contribution is 5.43. The highest BCUT2D eigenvalue weighted by Gasteiger charge is 2.20. The van der Waals surface area contributed by atoms with E-state index in [0.29, 0.717) is 12.0 Å². The van der Waals surface area contributed by atoms with Crippen LogP contribution in [0.1, 0.15) is 39.0 Å². The molecule has 0 saturated heterocycles. The largest absolute Gasteiger partial charge is 0.350 e. The van der Waals surface area contributed by atoms with Crippen molar-refractivity contribution >= 4 is 11.6 Å². The van der Waals surface area contributed by atoms with Crippen molar-refractivity contribution < 1.29 is 0 Å². The summed E-state index contributed by atoms with van der Waals surface area (Å²) in [5.74, 6) is 1.47. The number of pyridine rings is 1. The lowest BCUT2D eigenvalue weighted by atomic mass is 9.97. The van der Waals surface area contributed by atoms with Crippen LogP contribution >= 0.6 is 0 Å². The zero-order valence-electron chi connectivity index (χ0n) is 10.8. The molecule has 0 aromatic carbocycles. The van der Waals surface area contributed by atoms with Gasteiger partial charge < -0.3 is 5.32 Å². The van der Waals surface area contributed by atoms with Crippen LogP contribution in [0.25, 0.3) is 5.65 Å². The number of hydrogen-bond donors (Lipinski definition) is 1. The van der Waals surface area contributed by atoms with Gasteiger partial charge in [-0.2, -0.15) is 4.98 Å². The van der Waals surface area contributed by atoms with Crippen molar-refractivity contribution in [1.82, 2.24) is 14.6 Å². The maximum Gasteiger partial charge on any atom is 0.243 e. The quantitative estimate of drug-likeness (QED) is 0.825. The number of nitrogens with one attached hydrogen (secondary N) is 1. The molecule has 2 aromatic heterocycles. The maximum atomic E-state index is 4.51. The van der Waals surface area contributed by atoms with Crippen molar-refractivity contribution in [2.45, 2.75) is 45.1 Å². The number of hydrogen-bond acceptors (Lipinski definition) is 3. The Balaban J connectivity index is 1.78. The van der Waals surface area contributed by atoms with Crippen LogP contribution in [0.5, 0.6) is 0 Å². The minimum Gasteiger partial charge on any atom is -0.350 e. The van der Waals surface area contributed by atoms with Crippen LogP contribution < -0.4 is 5.32 Å². The molecule has 2 unspecified atom stereocenters. The first-order chi connectivity index (χ1) is 8.83. The molecule has 1 aliphatic carbocycles. The van der Waals surface area contributed by atoms with Gasteiger partial charge in [0.2, 0.25) is 5.95 Å². The van der Waals surface area contributed by atoms with Crippen LogP contribution in [0.4, 0.5) is 5.95 Å². The van der Waals surface area contributed by atoms with Crippen LogP contribution in [0, 0.1) is 5.92 Å². The molecule has 96 valence electrons. The normalized spacial score (nSPS) is 24.9. The summed E-state index contributed by atoms with van der Waals surface area (Å²) in [5, 5.41) is 7.98. The minimum absolute atomic E-state index is 0.518. The van der Waals surface area contributed by atoms with E-state index < -0.39 is 0 Å². The van der Waals surface area contributed by atoms with E-state index in [1.54, 1.807) is 0 Å². The zero-order chi connectivity index (χ0) is 12.4. The molecule has 4 nitrogen and oxygen atoms in total. The van der Waals surface area contributed by atoms with E-state index in [1.807, 2.05) is 28.9 Å². The molecule has 0 bridgehead atoms. The van der Waals surface area contributed by atoms with Gasteiger partial charge in [-0.3, -0.25) is 0 Å². The van der Waals surface area contributed by atoms with E-state index >= 15 is 0 Å². The molecular weight excluding hydrogens is 224 g/mol. The minimum atomic E-state index is 0.518. The zero-order valence-corrected chi connectivity index (χ0v) is 10.8. The number of fused-ring (bicyclic) bond motifs is 1. The lowest BCUT2D eigenvalue weighted by Crippen LogP contribution is -2.26. The van der Waals surface area contributed by atoms with Gasteiger partial charge in [-0.15, -0.1) is 5.10 Å². The summed E-state index contributed by atoms with van der Waals surface area (Å²) in [5.41, 5.74) is 0.904. The molecule has 18 heavy (non-hydrogen) atoms. The van der Waals surface area contributed by atoms with Crippen LogP contribution in [0.2, 0.25) is 0 Å². The number of rotatable bonds is 2. The van der Waals surface area contributed by atoms with Crippen molar-refractivity contribution in [3.05, 3.63) is 24.4 Å². The average Bonchev–Trinajstić information content (AvgIpc) is 2.68. The van der Waals surface area contributed by atoms with Crippen molar-refractivity contribution in [3.63, 3.8) is 0 Å². The fraction of sp³-hybridized carbons (Fsp3) is 0.571. The molecule has 1 fully saturated rings. The molecule has 2 atom stereocenters. The Morgan fingerprint density at radius 1 is 1.22 bits per heavy atom. The molecular formula is C14H20N4. The summed E-state index contributed by atoms with van der Waals surface area (Å²) in [7, 11) is 0. The van der Waals surface area contributed by atoms with Gasteiger partial charge in [0.15, 0.2) is 5.65 Å². The van der Waals surface area contributed by atoms with E-state index in [4.69, 9.17) is 0 Å². The summed E-state index contributed by atoms with van der Waals surface area (Å²) >= 11 is 0. The van der Waals surface area contributed by atoms with Crippen LogP contribution in [0.3, 0.4) is 0 Å². The highest BCUT2D eigenvalue weighted by atomic mass is 15.3. The van der Waals surface area contributed by atoms with Crippen molar-refractivity contribution in [3.8, 4) is 0 Å². The van der Waals surface area contributed by atoms with Crippen LogP contribution in [-0.2, 0) is 0 Å². The standard InChI is InChI=1S/C14H20N4/c1-11-7-3-2-4-8-12(11)15-14-16-13-9-5-6-10-18(13)17-14/h5-6,9-12H,2-4,7-8H2,1H3,(H,15,17). The van der Waals surface area contributed by atoms with Crippen molar-refractivity contribution in [2.24, 2.45) is 5.92 Å². The van der Waals surface area contributed by atoms with Gasteiger partial charge >= 0.3 is 0 Å². The Bertz CT molecular complexity index is 486. The molecule has 2 aromatic rings. The number of anilines is 1. The Labute approximate surface area is 107 Å². The fourth-order valence-electron chi connectivity index (χ4n) is 2.77. The monoisotopic (exact) mass is 244 g/mol. The smallest absolute Gasteiger partial charge is 0.243 e. The van der Waals surface area contributed by atoms with Gasteiger partial charge in [-0.1, -0.05) is 32.3 Å². The average molecular weight is 244 g/mol. The second-order valence-corrected chi connectivity index (χ2v) is 5.30. The van der Waals surface area contributed by atoms with Gasteiger partial charge in [0, 0.05) is 12.2 Å². The Morgan fingerprint density at radius 2 is 2.11 bits per heavy atom. The first-order valence-corrected chi connectivity index (χ1v) is 6.91. The summed E-state index contributed by atoms with van der Waals surface area (Å²) in [6.45, 7) is 2.33. The molecule has 3 rings (SSSR count).